The fourth-order valence-corrected chi connectivity index (χ4v) is 6.96. The van der Waals surface area contributed by atoms with Crippen molar-refractivity contribution < 1.29 is 27.1 Å². The van der Waals surface area contributed by atoms with Crippen LogP contribution in [-0.2, 0) is 14.9 Å². The maximum absolute atomic E-state index is 15.0. The second kappa shape index (κ2) is 12.2. The monoisotopic (exact) mass is 674 g/mol. The number of nitrogens with one attached hydrogen (secondary N) is 1. The highest BCUT2D eigenvalue weighted by Gasteiger charge is 2.57. The molecule has 48 heavy (non-hydrogen) atoms. The Balaban J connectivity index is 1.19. The molecular formula is C34H35FN6O6S. The molecule has 1 aromatic heterocycles. The first kappa shape index (κ1) is 32.9. The smallest absolute Gasteiger partial charge is 0.338 e. The normalized spacial score (nSPS) is 18.8. The lowest BCUT2D eigenvalue weighted by Gasteiger charge is -2.23. The van der Waals surface area contributed by atoms with Gasteiger partial charge in [-0.25, -0.2) is 14.2 Å². The van der Waals surface area contributed by atoms with Crippen LogP contribution in [0.5, 0.6) is 11.5 Å². The van der Waals surface area contributed by atoms with Crippen LogP contribution in [0, 0.1) is 29.0 Å². The van der Waals surface area contributed by atoms with Gasteiger partial charge in [-0.2, -0.15) is 18.0 Å². The minimum absolute atomic E-state index is 0.0372. The van der Waals surface area contributed by atoms with Crippen LogP contribution in [0.4, 0.5) is 15.8 Å². The van der Waals surface area contributed by atoms with Gasteiger partial charge in [0.2, 0.25) is 0 Å². The summed E-state index contributed by atoms with van der Waals surface area (Å²) in [6, 6.07) is 15.8. The third kappa shape index (κ3) is 6.31. The molecule has 6 rings (SSSR count). The van der Waals surface area contributed by atoms with E-state index in [1.165, 1.54) is 19.2 Å². The van der Waals surface area contributed by atoms with Crippen LogP contribution in [0.25, 0.3) is 10.9 Å². The van der Waals surface area contributed by atoms with E-state index < -0.39 is 27.4 Å². The molecule has 2 fully saturated rings. The lowest BCUT2D eigenvalue weighted by molar-refractivity contribution is 0.00694. The van der Waals surface area contributed by atoms with E-state index in [0.29, 0.717) is 11.1 Å². The van der Waals surface area contributed by atoms with E-state index in [4.69, 9.17) is 9.47 Å². The second-order valence-corrected chi connectivity index (χ2v) is 14.7. The first-order valence-electron chi connectivity index (χ1n) is 15.4. The van der Waals surface area contributed by atoms with Crippen molar-refractivity contribution in [2.45, 2.75) is 39.3 Å². The maximum Gasteiger partial charge on any atom is 0.338 e. The molecule has 1 unspecified atom stereocenters. The average Bonchev–Trinajstić information content (AvgIpc) is 3.52. The zero-order chi connectivity index (χ0) is 34.5. The Morgan fingerprint density at radius 3 is 2.44 bits per heavy atom. The van der Waals surface area contributed by atoms with Crippen LogP contribution >= 0.6 is 0 Å². The van der Waals surface area contributed by atoms with Crippen LogP contribution in [-0.4, -0.2) is 60.5 Å². The summed E-state index contributed by atoms with van der Waals surface area (Å²) in [6.07, 6.45) is 1.55. The number of hydrogen-bond acceptors (Lipinski definition) is 9. The van der Waals surface area contributed by atoms with E-state index in [0.717, 1.165) is 35.2 Å². The van der Waals surface area contributed by atoms with Crippen molar-refractivity contribution in [3.8, 4) is 17.6 Å². The molecule has 3 atom stereocenters. The number of rotatable bonds is 9. The molecule has 1 aliphatic carbocycles. The Morgan fingerprint density at radius 1 is 1.12 bits per heavy atom. The number of halogens is 1. The number of anilines is 2. The first-order chi connectivity index (χ1) is 22.7. The van der Waals surface area contributed by atoms with Gasteiger partial charge in [0.15, 0.2) is 11.6 Å². The van der Waals surface area contributed by atoms with Crippen LogP contribution in [0.1, 0.15) is 49.7 Å². The number of esters is 1. The SMILES string of the molecule is CCN(C)S(=O)(=O)Nc1ccc(F)c(Oc2ccc3ncn(C4[C@H]5CN(c6ccc(C(=O)OC(C)(C)C)cc6)C[C@@H]45)c(=O)c3c2)c1C#N. The number of carbonyl (C=O) groups excluding carboxylic acids is 1. The lowest BCUT2D eigenvalue weighted by atomic mass is 10.1. The Bertz CT molecular complexity index is 2110. The number of nitrogens with zero attached hydrogens (tertiary/aromatic N) is 5. The van der Waals surface area contributed by atoms with E-state index in [1.54, 1.807) is 36.0 Å². The first-order valence-corrected chi connectivity index (χ1v) is 16.9. The van der Waals surface area contributed by atoms with E-state index in [1.807, 2.05) is 39.0 Å². The highest BCUT2D eigenvalue weighted by Crippen LogP contribution is 2.55. The third-order valence-electron chi connectivity index (χ3n) is 8.63. The van der Waals surface area contributed by atoms with Crippen molar-refractivity contribution in [2.75, 3.05) is 36.3 Å². The summed E-state index contributed by atoms with van der Waals surface area (Å²) in [5, 5.41) is 10.1. The largest absolute Gasteiger partial charge is 0.456 e. The Labute approximate surface area is 277 Å². The summed E-state index contributed by atoms with van der Waals surface area (Å²) in [5.41, 5.74) is 0.546. The molecule has 0 bridgehead atoms. The highest BCUT2D eigenvalue weighted by molar-refractivity contribution is 7.90. The van der Waals surface area contributed by atoms with Crippen molar-refractivity contribution in [3.63, 3.8) is 0 Å². The van der Waals surface area contributed by atoms with Gasteiger partial charge in [-0.15, -0.1) is 0 Å². The van der Waals surface area contributed by atoms with Crippen molar-refractivity contribution in [3.05, 3.63) is 88.2 Å². The molecule has 0 spiro atoms. The quantitative estimate of drug-likeness (QED) is 0.240. The summed E-state index contributed by atoms with van der Waals surface area (Å²) < 4.78 is 56.3. The summed E-state index contributed by atoms with van der Waals surface area (Å²) in [4.78, 5) is 32.8. The highest BCUT2D eigenvalue weighted by atomic mass is 32.2. The number of benzene rings is 3. The van der Waals surface area contributed by atoms with E-state index in [9.17, 15) is 27.7 Å². The van der Waals surface area contributed by atoms with Crippen molar-refractivity contribution in [1.82, 2.24) is 13.9 Å². The van der Waals surface area contributed by atoms with Crippen molar-refractivity contribution in [2.24, 2.45) is 11.8 Å². The van der Waals surface area contributed by atoms with E-state index >= 15 is 0 Å². The van der Waals surface area contributed by atoms with Gasteiger partial charge < -0.3 is 14.4 Å². The number of ether oxygens (including phenoxy) is 2. The summed E-state index contributed by atoms with van der Waals surface area (Å²) in [6.45, 7) is 8.77. The van der Waals surface area contributed by atoms with Crippen LogP contribution in [0.3, 0.4) is 0 Å². The number of carbonyl (C=O) groups is 1. The van der Waals surface area contributed by atoms with Gasteiger partial charge in [0, 0.05) is 50.2 Å². The topological polar surface area (TPSA) is 147 Å². The maximum atomic E-state index is 15.0. The van der Waals surface area contributed by atoms with Crippen LogP contribution < -0.4 is 19.9 Å². The number of nitriles is 1. The molecule has 1 saturated carbocycles. The van der Waals surface area contributed by atoms with Gasteiger partial charge >= 0.3 is 16.2 Å². The summed E-state index contributed by atoms with van der Waals surface area (Å²) >= 11 is 0. The fraction of sp³-hybridized carbons (Fsp3) is 0.353. The predicted molar refractivity (Wildman–Crippen MR) is 178 cm³/mol. The zero-order valence-corrected chi connectivity index (χ0v) is 27.9. The average molecular weight is 675 g/mol. The molecule has 4 aromatic rings. The molecule has 250 valence electrons. The van der Waals surface area contributed by atoms with Gasteiger partial charge in [-0.3, -0.25) is 14.1 Å². The number of aromatic nitrogens is 2. The van der Waals surface area contributed by atoms with E-state index in [2.05, 4.69) is 14.6 Å². The molecular weight excluding hydrogens is 639 g/mol. The summed E-state index contributed by atoms with van der Waals surface area (Å²) in [5.74, 6) is -1.18. The van der Waals surface area contributed by atoms with Gasteiger partial charge in [0.05, 0.1) is 28.5 Å². The molecule has 12 nitrogen and oxygen atoms in total. The van der Waals surface area contributed by atoms with Gasteiger partial charge in [0.25, 0.3) is 5.56 Å². The second-order valence-electron chi connectivity index (χ2n) is 12.9. The molecule has 14 heteroatoms. The molecule has 1 aliphatic heterocycles. The predicted octanol–water partition coefficient (Wildman–Crippen LogP) is 5.07. The van der Waals surface area contributed by atoms with E-state index in [-0.39, 0.29) is 58.3 Å². The van der Waals surface area contributed by atoms with Gasteiger partial charge in [0.1, 0.15) is 23.0 Å². The molecule has 2 aliphatic rings. The molecule has 1 N–H and O–H groups in total. The van der Waals surface area contributed by atoms with Crippen molar-refractivity contribution >= 4 is 38.5 Å². The molecule has 1 saturated heterocycles. The molecule has 0 amide bonds. The van der Waals surface area contributed by atoms with Crippen LogP contribution in [0.15, 0.2) is 65.7 Å². The third-order valence-corrected chi connectivity index (χ3v) is 10.2. The number of fused-ring (bicyclic) bond motifs is 2. The molecule has 2 heterocycles. The van der Waals surface area contributed by atoms with Crippen LogP contribution in [0.2, 0.25) is 0 Å². The fourth-order valence-electron chi connectivity index (χ4n) is 6.01. The Kier molecular flexibility index (Phi) is 8.38. The summed E-state index contributed by atoms with van der Waals surface area (Å²) in [7, 11) is -2.63. The minimum atomic E-state index is -3.99. The van der Waals surface area contributed by atoms with Gasteiger partial charge in [-0.05, 0) is 75.4 Å². The zero-order valence-electron chi connectivity index (χ0n) is 27.1. The molecule has 0 radical (unpaired) electrons. The molecule has 3 aromatic carbocycles. The van der Waals surface area contributed by atoms with Gasteiger partial charge in [-0.1, -0.05) is 6.92 Å². The Morgan fingerprint density at radius 2 is 1.81 bits per heavy atom. The minimum Gasteiger partial charge on any atom is -0.456 e. The standard InChI is InChI=1S/C34H35FN6O6S/c1-6-39(5)48(44,45)38-29-14-12-27(35)31(24(29)16-36)46-22-11-13-28-23(15-22)32(42)41(19-37-28)30-25-17-40(18-26(25)30)21-9-7-20(8-10-21)33(43)47-34(2,3)4/h7-15,19,25-26,30,38H,6,17-18H2,1-5H3/t25-,26+,30?. The lowest BCUT2D eigenvalue weighted by Crippen LogP contribution is -2.32. The number of hydrogen-bond donors (Lipinski definition) is 1. The Hall–Kier alpha value is -5.00. The van der Waals surface area contributed by atoms with Crippen molar-refractivity contribution in [1.29, 1.82) is 5.26 Å². The number of piperidine rings is 1.